The second-order valence-electron chi connectivity index (χ2n) is 7.26. The number of likely N-dealkylation sites (N-methyl/N-ethyl adjacent to an activating group) is 1. The number of carbonyl (C=O) groups excluding carboxylic acids is 3. The Morgan fingerprint density at radius 1 is 1.12 bits per heavy atom. The van der Waals surface area contributed by atoms with Crippen LogP contribution >= 0.6 is 0 Å². The zero-order valence-electron chi connectivity index (χ0n) is 15.0. The van der Waals surface area contributed by atoms with Crippen LogP contribution in [0.3, 0.4) is 0 Å². The number of piperazine rings is 2. The third kappa shape index (κ3) is 3.25. The normalized spacial score (nSPS) is 23.9. The monoisotopic (exact) mass is 343 g/mol. The van der Waals surface area contributed by atoms with Gasteiger partial charge in [0.15, 0.2) is 0 Å². The topological polar surface area (TPSA) is 60.9 Å². The van der Waals surface area contributed by atoms with Crippen LogP contribution in [0.4, 0.5) is 0 Å². The van der Waals surface area contributed by atoms with Gasteiger partial charge in [0.1, 0.15) is 12.1 Å². The summed E-state index contributed by atoms with van der Waals surface area (Å²) in [5, 5.41) is 0. The molecule has 2 aliphatic rings. The van der Waals surface area contributed by atoms with Crippen molar-refractivity contribution >= 4 is 17.7 Å². The first-order valence-electron chi connectivity index (χ1n) is 8.81. The SMILES string of the molecule is CC(C)C[C@H]1C(=O)N2CCN(C(=O)c3ccccc3)C[C@@H]2C(=O)N1C. The van der Waals surface area contributed by atoms with Crippen molar-refractivity contribution < 1.29 is 14.4 Å². The molecule has 2 fully saturated rings. The quantitative estimate of drug-likeness (QED) is 0.829. The number of nitrogens with zero attached hydrogens (tertiary/aromatic N) is 3. The molecule has 0 bridgehead atoms. The zero-order chi connectivity index (χ0) is 18.1. The Morgan fingerprint density at radius 3 is 2.44 bits per heavy atom. The van der Waals surface area contributed by atoms with Gasteiger partial charge in [0, 0.05) is 25.7 Å². The van der Waals surface area contributed by atoms with Gasteiger partial charge in [-0.3, -0.25) is 14.4 Å². The summed E-state index contributed by atoms with van der Waals surface area (Å²) in [6.07, 6.45) is 0.664. The molecule has 0 aliphatic carbocycles. The highest BCUT2D eigenvalue weighted by molar-refractivity contribution is 5.99. The minimum Gasteiger partial charge on any atom is -0.334 e. The van der Waals surface area contributed by atoms with E-state index in [0.29, 0.717) is 31.0 Å². The highest BCUT2D eigenvalue weighted by atomic mass is 16.2. The number of amides is 3. The van der Waals surface area contributed by atoms with Crippen molar-refractivity contribution in [3.63, 3.8) is 0 Å². The van der Waals surface area contributed by atoms with E-state index in [1.54, 1.807) is 33.9 Å². The molecule has 0 unspecified atom stereocenters. The molecular weight excluding hydrogens is 318 g/mol. The summed E-state index contributed by atoms with van der Waals surface area (Å²) < 4.78 is 0. The van der Waals surface area contributed by atoms with Crippen molar-refractivity contribution in [3.8, 4) is 0 Å². The number of hydrogen-bond acceptors (Lipinski definition) is 3. The second kappa shape index (κ2) is 6.86. The lowest BCUT2D eigenvalue weighted by atomic mass is 9.95. The maximum atomic E-state index is 12.8. The molecule has 6 heteroatoms. The van der Waals surface area contributed by atoms with E-state index in [0.717, 1.165) is 0 Å². The molecule has 0 N–H and O–H groups in total. The van der Waals surface area contributed by atoms with Gasteiger partial charge in [-0.05, 0) is 24.5 Å². The third-order valence-corrected chi connectivity index (χ3v) is 5.05. The first kappa shape index (κ1) is 17.5. The lowest BCUT2D eigenvalue weighted by Crippen LogP contribution is -2.69. The van der Waals surface area contributed by atoms with Crippen molar-refractivity contribution in [2.75, 3.05) is 26.7 Å². The van der Waals surface area contributed by atoms with Gasteiger partial charge in [0.2, 0.25) is 11.8 Å². The van der Waals surface area contributed by atoms with E-state index in [1.807, 2.05) is 32.0 Å². The summed E-state index contributed by atoms with van der Waals surface area (Å²) in [6, 6.07) is 8.09. The van der Waals surface area contributed by atoms with Crippen LogP contribution in [0.5, 0.6) is 0 Å². The van der Waals surface area contributed by atoms with Crippen LogP contribution in [0.1, 0.15) is 30.6 Å². The van der Waals surface area contributed by atoms with Crippen molar-refractivity contribution in [1.29, 1.82) is 0 Å². The largest absolute Gasteiger partial charge is 0.334 e. The molecule has 2 atom stereocenters. The fraction of sp³-hybridized carbons (Fsp3) is 0.526. The van der Waals surface area contributed by atoms with Crippen LogP contribution in [-0.2, 0) is 9.59 Å². The van der Waals surface area contributed by atoms with Crippen molar-refractivity contribution in [3.05, 3.63) is 35.9 Å². The molecule has 3 rings (SSSR count). The molecular formula is C19H25N3O3. The summed E-state index contributed by atoms with van der Waals surface area (Å²) in [5.74, 6) is 0.178. The molecule has 0 radical (unpaired) electrons. The molecule has 25 heavy (non-hydrogen) atoms. The molecule has 0 spiro atoms. The Morgan fingerprint density at radius 2 is 1.80 bits per heavy atom. The number of hydrogen-bond donors (Lipinski definition) is 0. The molecule has 1 aromatic rings. The van der Waals surface area contributed by atoms with Crippen LogP contribution < -0.4 is 0 Å². The van der Waals surface area contributed by atoms with E-state index in [9.17, 15) is 14.4 Å². The lowest BCUT2D eigenvalue weighted by Gasteiger charge is -2.48. The Bertz CT molecular complexity index is 674. The first-order chi connectivity index (χ1) is 11.9. The molecule has 134 valence electrons. The minimum atomic E-state index is -0.567. The van der Waals surface area contributed by atoms with E-state index in [-0.39, 0.29) is 30.3 Å². The van der Waals surface area contributed by atoms with Crippen molar-refractivity contribution in [1.82, 2.24) is 14.7 Å². The standard InChI is InChI=1S/C19H25N3O3/c1-13(2)11-15-19(25)22-10-9-21(12-16(22)18(24)20(15)3)17(23)14-7-5-4-6-8-14/h4-8,13,15-16H,9-12H2,1-3H3/t15-,16+/m0/s1. The second-order valence-corrected chi connectivity index (χ2v) is 7.26. The van der Waals surface area contributed by atoms with Crippen LogP contribution in [0.2, 0.25) is 0 Å². The molecule has 2 saturated heterocycles. The molecule has 3 amide bonds. The lowest BCUT2D eigenvalue weighted by molar-refractivity contribution is -0.163. The highest BCUT2D eigenvalue weighted by Gasteiger charge is 2.47. The van der Waals surface area contributed by atoms with E-state index in [1.165, 1.54) is 0 Å². The van der Waals surface area contributed by atoms with E-state index in [4.69, 9.17) is 0 Å². The molecule has 2 heterocycles. The van der Waals surface area contributed by atoms with Gasteiger partial charge >= 0.3 is 0 Å². The van der Waals surface area contributed by atoms with Gasteiger partial charge in [0.05, 0.1) is 6.54 Å². The Hall–Kier alpha value is -2.37. The van der Waals surface area contributed by atoms with Gasteiger partial charge in [-0.25, -0.2) is 0 Å². The van der Waals surface area contributed by atoms with E-state index >= 15 is 0 Å². The number of benzene rings is 1. The molecule has 1 aromatic carbocycles. The van der Waals surface area contributed by atoms with Crippen molar-refractivity contribution in [2.24, 2.45) is 5.92 Å². The van der Waals surface area contributed by atoms with Gasteiger partial charge in [-0.2, -0.15) is 0 Å². The maximum absolute atomic E-state index is 12.8. The predicted octanol–water partition coefficient (Wildman–Crippen LogP) is 1.23. The third-order valence-electron chi connectivity index (χ3n) is 5.05. The summed E-state index contributed by atoms with van der Waals surface area (Å²) in [5.41, 5.74) is 0.608. The molecule has 0 saturated carbocycles. The Balaban J connectivity index is 1.77. The zero-order valence-corrected chi connectivity index (χ0v) is 15.0. The maximum Gasteiger partial charge on any atom is 0.253 e. The van der Waals surface area contributed by atoms with Gasteiger partial charge in [-0.15, -0.1) is 0 Å². The average molecular weight is 343 g/mol. The first-order valence-corrected chi connectivity index (χ1v) is 8.81. The summed E-state index contributed by atoms with van der Waals surface area (Å²) >= 11 is 0. The van der Waals surface area contributed by atoms with Crippen LogP contribution in [0, 0.1) is 5.92 Å². The average Bonchev–Trinajstić information content (AvgIpc) is 2.63. The fourth-order valence-electron chi connectivity index (χ4n) is 3.66. The molecule has 2 aliphatic heterocycles. The predicted molar refractivity (Wildman–Crippen MR) is 93.9 cm³/mol. The van der Waals surface area contributed by atoms with Gasteiger partial charge in [0.25, 0.3) is 5.91 Å². The molecule has 6 nitrogen and oxygen atoms in total. The minimum absolute atomic E-state index is 0.00705. The summed E-state index contributed by atoms with van der Waals surface area (Å²) in [7, 11) is 1.70. The van der Waals surface area contributed by atoms with Gasteiger partial charge < -0.3 is 14.7 Å². The summed E-state index contributed by atoms with van der Waals surface area (Å²) in [4.78, 5) is 43.2. The fourth-order valence-corrected chi connectivity index (χ4v) is 3.66. The van der Waals surface area contributed by atoms with E-state index in [2.05, 4.69) is 0 Å². The highest BCUT2D eigenvalue weighted by Crippen LogP contribution is 2.25. The Kier molecular flexibility index (Phi) is 4.79. The number of fused-ring (bicyclic) bond motifs is 1. The van der Waals surface area contributed by atoms with Crippen molar-refractivity contribution in [2.45, 2.75) is 32.4 Å². The van der Waals surface area contributed by atoms with Crippen LogP contribution in [-0.4, -0.2) is 71.2 Å². The number of rotatable bonds is 3. The Labute approximate surface area is 148 Å². The summed E-state index contributed by atoms with van der Waals surface area (Å²) in [6.45, 7) is 5.23. The van der Waals surface area contributed by atoms with Crippen LogP contribution in [0.15, 0.2) is 30.3 Å². The van der Waals surface area contributed by atoms with Gasteiger partial charge in [-0.1, -0.05) is 32.0 Å². The smallest absolute Gasteiger partial charge is 0.253 e. The number of carbonyl (C=O) groups is 3. The molecule has 0 aromatic heterocycles. The van der Waals surface area contributed by atoms with E-state index < -0.39 is 6.04 Å². The van der Waals surface area contributed by atoms with Crippen LogP contribution in [0.25, 0.3) is 0 Å².